The Kier molecular flexibility index (Phi) is 2.67. The fourth-order valence-electron chi connectivity index (χ4n) is 2.85. The first-order chi connectivity index (χ1) is 11.3. The summed E-state index contributed by atoms with van der Waals surface area (Å²) in [4.78, 5) is 4.50. The number of hydrogen-bond acceptors (Lipinski definition) is 3. The van der Waals surface area contributed by atoms with E-state index in [2.05, 4.69) is 4.98 Å². The van der Waals surface area contributed by atoms with Gasteiger partial charge in [-0.25, -0.2) is 4.98 Å². The molecule has 1 aromatic heterocycles. The standard InChI is InChI=1S/C17H25BN2O2/c1-11(2)20-12(3)19-14-9-8-13(10-15(14)20)18-21-16(4,5)17(6,7)22-18/h8-11H,1-7H3/i1D3. The summed E-state index contributed by atoms with van der Waals surface area (Å²) in [6, 6.07) is 5.10. The van der Waals surface area contributed by atoms with Gasteiger partial charge in [0.05, 0.1) is 22.2 Å². The Morgan fingerprint density at radius 3 is 2.45 bits per heavy atom. The van der Waals surface area contributed by atoms with E-state index in [4.69, 9.17) is 13.4 Å². The molecule has 0 bridgehead atoms. The van der Waals surface area contributed by atoms with Gasteiger partial charge in [0.1, 0.15) is 5.82 Å². The summed E-state index contributed by atoms with van der Waals surface area (Å²) >= 11 is 0. The van der Waals surface area contributed by atoms with Crippen LogP contribution < -0.4 is 5.46 Å². The molecular weight excluding hydrogens is 275 g/mol. The van der Waals surface area contributed by atoms with Crippen LogP contribution in [0, 0.1) is 6.92 Å². The number of hydrogen-bond donors (Lipinski definition) is 0. The van der Waals surface area contributed by atoms with Crippen LogP contribution in [0.4, 0.5) is 0 Å². The molecule has 0 spiro atoms. The number of nitrogens with zero attached hydrogens (tertiary/aromatic N) is 2. The molecule has 1 atom stereocenters. The lowest BCUT2D eigenvalue weighted by Crippen LogP contribution is -2.41. The molecule has 1 aliphatic heterocycles. The van der Waals surface area contributed by atoms with Gasteiger partial charge >= 0.3 is 7.12 Å². The van der Waals surface area contributed by atoms with Crippen molar-refractivity contribution < 1.29 is 13.4 Å². The van der Waals surface area contributed by atoms with Gasteiger partial charge in [-0.2, -0.15) is 0 Å². The summed E-state index contributed by atoms with van der Waals surface area (Å²) in [5.74, 6) is 0.685. The van der Waals surface area contributed by atoms with Crippen LogP contribution in [-0.4, -0.2) is 27.9 Å². The van der Waals surface area contributed by atoms with Crippen molar-refractivity contribution in [3.05, 3.63) is 24.0 Å². The topological polar surface area (TPSA) is 36.3 Å². The van der Waals surface area contributed by atoms with Gasteiger partial charge in [-0.05, 0) is 66.0 Å². The lowest BCUT2D eigenvalue weighted by Gasteiger charge is -2.32. The molecule has 1 aliphatic rings. The van der Waals surface area contributed by atoms with Crippen molar-refractivity contribution in [2.75, 3.05) is 0 Å². The van der Waals surface area contributed by atoms with Crippen LogP contribution in [0.1, 0.15) is 57.4 Å². The van der Waals surface area contributed by atoms with Gasteiger partial charge in [-0.15, -0.1) is 0 Å². The highest BCUT2D eigenvalue weighted by atomic mass is 16.7. The fraction of sp³-hybridized carbons (Fsp3) is 0.588. The predicted octanol–water partition coefficient (Wildman–Crippen LogP) is 3.22. The zero-order valence-corrected chi connectivity index (χ0v) is 14.1. The van der Waals surface area contributed by atoms with Crippen LogP contribution in [-0.2, 0) is 9.31 Å². The third-order valence-electron chi connectivity index (χ3n) is 4.80. The average molecular weight is 303 g/mol. The minimum absolute atomic E-state index is 0.422. The molecule has 4 nitrogen and oxygen atoms in total. The van der Waals surface area contributed by atoms with E-state index in [1.54, 1.807) is 11.5 Å². The highest BCUT2D eigenvalue weighted by Gasteiger charge is 2.51. The van der Waals surface area contributed by atoms with E-state index in [0.29, 0.717) is 5.82 Å². The van der Waals surface area contributed by atoms with Crippen LogP contribution in [0.25, 0.3) is 11.0 Å². The van der Waals surface area contributed by atoms with Crippen LogP contribution in [0.3, 0.4) is 0 Å². The van der Waals surface area contributed by atoms with E-state index in [1.165, 1.54) is 0 Å². The lowest BCUT2D eigenvalue weighted by molar-refractivity contribution is 0.00578. The molecule has 1 aromatic carbocycles. The monoisotopic (exact) mass is 303 g/mol. The molecule has 0 aliphatic carbocycles. The summed E-state index contributed by atoms with van der Waals surface area (Å²) in [6.07, 6.45) is 0. The van der Waals surface area contributed by atoms with E-state index < -0.39 is 31.2 Å². The van der Waals surface area contributed by atoms with Gasteiger partial charge in [0.15, 0.2) is 0 Å². The SMILES string of the molecule is [2H]C([2H])([2H])C(C)n1c(C)nc2ccc(B3OC(C)(C)C(C)(C)O3)cc21. The molecule has 1 fully saturated rings. The summed E-state index contributed by atoms with van der Waals surface area (Å²) in [5, 5.41) is 0. The van der Waals surface area contributed by atoms with Gasteiger partial charge < -0.3 is 13.9 Å². The number of aryl methyl sites for hydroxylation is 1. The lowest BCUT2D eigenvalue weighted by atomic mass is 9.79. The van der Waals surface area contributed by atoms with E-state index >= 15 is 0 Å². The van der Waals surface area contributed by atoms with Crippen molar-refractivity contribution in [3.63, 3.8) is 0 Å². The average Bonchev–Trinajstić information content (AvgIpc) is 2.89. The van der Waals surface area contributed by atoms with E-state index in [-0.39, 0.29) is 0 Å². The number of benzene rings is 1. The first kappa shape index (κ1) is 12.1. The van der Waals surface area contributed by atoms with E-state index in [0.717, 1.165) is 16.5 Å². The van der Waals surface area contributed by atoms with E-state index in [9.17, 15) is 0 Å². The summed E-state index contributed by atoms with van der Waals surface area (Å²) < 4.78 is 37.2. The largest absolute Gasteiger partial charge is 0.494 e. The number of fused-ring (bicyclic) bond motifs is 1. The van der Waals surface area contributed by atoms with Crippen molar-refractivity contribution in [1.29, 1.82) is 0 Å². The molecule has 1 saturated heterocycles. The molecule has 22 heavy (non-hydrogen) atoms. The first-order valence-corrected chi connectivity index (χ1v) is 7.68. The maximum atomic E-state index is 7.75. The number of imidazole rings is 1. The Morgan fingerprint density at radius 2 is 1.86 bits per heavy atom. The van der Waals surface area contributed by atoms with Gasteiger partial charge in [-0.1, -0.05) is 6.07 Å². The van der Waals surface area contributed by atoms with Crippen molar-refractivity contribution in [1.82, 2.24) is 9.55 Å². The fourth-order valence-corrected chi connectivity index (χ4v) is 2.85. The third-order valence-corrected chi connectivity index (χ3v) is 4.80. The second-order valence-electron chi connectivity index (χ2n) is 7.04. The Labute approximate surface area is 137 Å². The van der Waals surface area contributed by atoms with Crippen molar-refractivity contribution in [2.45, 2.75) is 65.6 Å². The Hall–Kier alpha value is -1.33. The molecule has 0 N–H and O–H groups in total. The number of aromatic nitrogens is 2. The van der Waals surface area contributed by atoms with Crippen molar-refractivity contribution in [2.24, 2.45) is 0 Å². The van der Waals surface area contributed by atoms with Crippen LogP contribution in [0.2, 0.25) is 0 Å². The molecule has 2 aromatic rings. The van der Waals surface area contributed by atoms with E-state index in [1.807, 2.05) is 52.8 Å². The minimum atomic E-state index is -2.10. The van der Waals surface area contributed by atoms with Crippen LogP contribution in [0.5, 0.6) is 0 Å². The molecule has 5 heteroatoms. The molecule has 0 amide bonds. The number of rotatable bonds is 2. The predicted molar refractivity (Wildman–Crippen MR) is 90.6 cm³/mol. The molecule has 0 saturated carbocycles. The van der Waals surface area contributed by atoms with Crippen molar-refractivity contribution >= 4 is 23.6 Å². The Bertz CT molecular complexity index is 798. The third kappa shape index (κ3) is 2.27. The zero-order valence-electron chi connectivity index (χ0n) is 17.1. The highest BCUT2D eigenvalue weighted by molar-refractivity contribution is 6.62. The Morgan fingerprint density at radius 1 is 1.23 bits per heavy atom. The first-order valence-electron chi connectivity index (χ1n) is 9.18. The molecule has 3 rings (SSSR count). The quantitative estimate of drug-likeness (QED) is 0.799. The molecule has 118 valence electrons. The highest BCUT2D eigenvalue weighted by Crippen LogP contribution is 2.36. The van der Waals surface area contributed by atoms with Crippen LogP contribution in [0.15, 0.2) is 18.2 Å². The molecule has 1 unspecified atom stereocenters. The summed E-state index contributed by atoms with van der Waals surface area (Å²) in [6.45, 7) is 9.47. The molecular formula is C17H25BN2O2. The normalized spacial score (nSPS) is 24.1. The minimum Gasteiger partial charge on any atom is -0.399 e. The Balaban J connectivity index is 2.06. The van der Waals surface area contributed by atoms with Gasteiger partial charge in [0, 0.05) is 10.2 Å². The maximum Gasteiger partial charge on any atom is 0.494 e. The zero-order chi connectivity index (χ0) is 18.8. The summed E-state index contributed by atoms with van der Waals surface area (Å²) in [7, 11) is -0.485. The van der Waals surface area contributed by atoms with Crippen LogP contribution >= 0.6 is 0 Å². The molecule has 0 radical (unpaired) electrons. The van der Waals surface area contributed by atoms with Gasteiger partial charge in [-0.3, -0.25) is 0 Å². The maximum absolute atomic E-state index is 7.75. The molecule has 2 heterocycles. The second kappa shape index (κ2) is 4.83. The van der Waals surface area contributed by atoms with Gasteiger partial charge in [0.2, 0.25) is 0 Å². The second-order valence-corrected chi connectivity index (χ2v) is 7.04. The van der Waals surface area contributed by atoms with Gasteiger partial charge in [0.25, 0.3) is 0 Å². The summed E-state index contributed by atoms with van der Waals surface area (Å²) in [5.41, 5.74) is 1.58. The van der Waals surface area contributed by atoms with Crippen molar-refractivity contribution in [3.8, 4) is 0 Å². The smallest absolute Gasteiger partial charge is 0.399 e.